The van der Waals surface area contributed by atoms with Crippen LogP contribution in [0.1, 0.15) is 6.92 Å². The van der Waals surface area contributed by atoms with Crippen LogP contribution in [0.25, 0.3) is 0 Å². The third-order valence-corrected chi connectivity index (χ3v) is 1.94. The summed E-state index contributed by atoms with van der Waals surface area (Å²) in [5.41, 5.74) is 0. The van der Waals surface area contributed by atoms with E-state index in [-0.39, 0.29) is 18.3 Å². The minimum Gasteiger partial charge on any atom is -0.389 e. The van der Waals surface area contributed by atoms with Crippen molar-refractivity contribution in [3.8, 4) is 0 Å². The molecule has 1 fully saturated rings. The van der Waals surface area contributed by atoms with E-state index in [4.69, 9.17) is 9.47 Å². The number of nitrogens with one attached hydrogen (secondary N) is 1. The molecule has 1 heterocycles. The van der Waals surface area contributed by atoms with E-state index in [1.165, 1.54) is 0 Å². The van der Waals surface area contributed by atoms with Gasteiger partial charge in [-0.05, 0) is 6.92 Å². The number of aliphatic hydroxyl groups is 1. The van der Waals surface area contributed by atoms with Crippen molar-refractivity contribution in [2.24, 2.45) is 0 Å². The molecule has 12 heavy (non-hydrogen) atoms. The van der Waals surface area contributed by atoms with Crippen LogP contribution in [0.3, 0.4) is 0 Å². The number of hydrogen-bond acceptors (Lipinski definition) is 4. The number of hydrogen-bond donors (Lipinski definition) is 2. The topological polar surface area (TPSA) is 50.7 Å². The third-order valence-electron chi connectivity index (χ3n) is 1.94. The van der Waals surface area contributed by atoms with Gasteiger partial charge in [-0.25, -0.2) is 0 Å². The first-order valence-corrected chi connectivity index (χ1v) is 4.27. The van der Waals surface area contributed by atoms with Crippen molar-refractivity contribution >= 4 is 0 Å². The maximum Gasteiger partial charge on any atom is 0.0975 e. The lowest BCUT2D eigenvalue weighted by molar-refractivity contribution is -0.0691. The summed E-state index contributed by atoms with van der Waals surface area (Å²) in [4.78, 5) is 0. The summed E-state index contributed by atoms with van der Waals surface area (Å²) in [7, 11) is 1.64. The summed E-state index contributed by atoms with van der Waals surface area (Å²) in [6.07, 6.45) is -0.394. The van der Waals surface area contributed by atoms with Crippen LogP contribution in [0.4, 0.5) is 0 Å². The number of β-amino-alcohol motifs (C(OH)–C–C–N with tert-alkyl or cyclic N) is 1. The zero-order chi connectivity index (χ0) is 8.97. The number of methoxy groups -OCH3 is 1. The molecule has 0 spiro atoms. The molecule has 72 valence electrons. The Bertz CT molecular complexity index is 131. The molecule has 4 nitrogen and oxygen atoms in total. The molecule has 0 aromatic heterocycles. The van der Waals surface area contributed by atoms with Gasteiger partial charge in [-0.15, -0.1) is 0 Å². The molecule has 3 atom stereocenters. The molecule has 1 rings (SSSR count). The minimum atomic E-state index is -0.371. The Hall–Kier alpha value is -0.160. The van der Waals surface area contributed by atoms with E-state index < -0.39 is 0 Å². The fourth-order valence-electron chi connectivity index (χ4n) is 1.35. The van der Waals surface area contributed by atoms with Gasteiger partial charge in [0, 0.05) is 20.2 Å². The van der Waals surface area contributed by atoms with Gasteiger partial charge in [0.25, 0.3) is 0 Å². The molecule has 0 aliphatic carbocycles. The molecule has 3 unspecified atom stereocenters. The summed E-state index contributed by atoms with van der Waals surface area (Å²) in [6, 6.07) is 0. The Labute approximate surface area is 72.9 Å². The molecule has 0 bridgehead atoms. The van der Waals surface area contributed by atoms with Gasteiger partial charge in [0.1, 0.15) is 0 Å². The van der Waals surface area contributed by atoms with Gasteiger partial charge in [0.05, 0.1) is 24.9 Å². The molecule has 0 aromatic carbocycles. The predicted octanol–water partition coefficient (Wildman–Crippen LogP) is -0.629. The van der Waals surface area contributed by atoms with Crippen molar-refractivity contribution in [1.29, 1.82) is 0 Å². The highest BCUT2D eigenvalue weighted by molar-refractivity contribution is 4.81. The van der Waals surface area contributed by atoms with Gasteiger partial charge < -0.3 is 19.9 Å². The molecule has 2 N–H and O–H groups in total. The zero-order valence-electron chi connectivity index (χ0n) is 7.62. The van der Waals surface area contributed by atoms with Crippen LogP contribution in [-0.2, 0) is 9.47 Å². The second-order valence-corrected chi connectivity index (χ2v) is 3.17. The summed E-state index contributed by atoms with van der Waals surface area (Å²) < 4.78 is 10.4. The quantitative estimate of drug-likeness (QED) is 0.597. The number of aliphatic hydroxyl groups excluding tert-OH is 1. The van der Waals surface area contributed by atoms with E-state index in [1.54, 1.807) is 7.11 Å². The Morgan fingerprint density at radius 1 is 1.58 bits per heavy atom. The SMILES string of the molecule is COCC(C)OC1CNCC1O. The molecule has 0 radical (unpaired) electrons. The Balaban J connectivity index is 2.20. The van der Waals surface area contributed by atoms with Crippen molar-refractivity contribution in [3.05, 3.63) is 0 Å². The van der Waals surface area contributed by atoms with Gasteiger partial charge in [-0.1, -0.05) is 0 Å². The van der Waals surface area contributed by atoms with E-state index in [0.717, 1.165) is 6.54 Å². The normalized spacial score (nSPS) is 32.2. The lowest BCUT2D eigenvalue weighted by Crippen LogP contribution is -2.32. The first-order valence-electron chi connectivity index (χ1n) is 4.27. The fraction of sp³-hybridized carbons (Fsp3) is 1.00. The van der Waals surface area contributed by atoms with Gasteiger partial charge >= 0.3 is 0 Å². The van der Waals surface area contributed by atoms with Crippen LogP contribution < -0.4 is 5.32 Å². The third kappa shape index (κ3) is 2.71. The lowest BCUT2D eigenvalue weighted by atomic mass is 10.2. The van der Waals surface area contributed by atoms with E-state index in [2.05, 4.69) is 5.32 Å². The molecular formula is C8H17NO3. The van der Waals surface area contributed by atoms with Crippen LogP contribution in [0.2, 0.25) is 0 Å². The smallest absolute Gasteiger partial charge is 0.0975 e. The van der Waals surface area contributed by atoms with Crippen LogP contribution in [0, 0.1) is 0 Å². The molecule has 1 saturated heterocycles. The highest BCUT2D eigenvalue weighted by atomic mass is 16.5. The zero-order valence-corrected chi connectivity index (χ0v) is 7.62. The minimum absolute atomic E-state index is 0.0505. The van der Waals surface area contributed by atoms with Crippen molar-refractivity contribution < 1.29 is 14.6 Å². The summed E-state index contributed by atoms with van der Waals surface area (Å²) in [6.45, 7) is 3.87. The molecule has 1 aliphatic heterocycles. The van der Waals surface area contributed by atoms with E-state index >= 15 is 0 Å². The van der Waals surface area contributed by atoms with Gasteiger partial charge in [-0.2, -0.15) is 0 Å². The second kappa shape index (κ2) is 4.77. The fourth-order valence-corrected chi connectivity index (χ4v) is 1.35. The van der Waals surface area contributed by atoms with Gasteiger partial charge in [0.15, 0.2) is 0 Å². The molecule has 0 amide bonds. The lowest BCUT2D eigenvalue weighted by Gasteiger charge is -2.19. The number of rotatable bonds is 4. The van der Waals surface area contributed by atoms with E-state index in [0.29, 0.717) is 13.2 Å². The highest BCUT2D eigenvalue weighted by Gasteiger charge is 2.26. The number of ether oxygens (including phenoxy) is 2. The van der Waals surface area contributed by atoms with Crippen LogP contribution in [0.5, 0.6) is 0 Å². The summed E-state index contributed by atoms with van der Waals surface area (Å²) >= 11 is 0. The predicted molar refractivity (Wildman–Crippen MR) is 45.1 cm³/mol. The average Bonchev–Trinajstić information content (AvgIpc) is 2.37. The second-order valence-electron chi connectivity index (χ2n) is 3.17. The monoisotopic (exact) mass is 175 g/mol. The highest BCUT2D eigenvalue weighted by Crippen LogP contribution is 2.07. The van der Waals surface area contributed by atoms with Crippen LogP contribution in [0.15, 0.2) is 0 Å². The Morgan fingerprint density at radius 2 is 2.33 bits per heavy atom. The molecular weight excluding hydrogens is 158 g/mol. The first-order chi connectivity index (χ1) is 5.74. The summed E-state index contributed by atoms with van der Waals surface area (Å²) in [5.74, 6) is 0. The standard InChI is InChI=1S/C8H17NO3/c1-6(5-11-2)12-8-4-9-3-7(8)10/h6-10H,3-5H2,1-2H3. The van der Waals surface area contributed by atoms with Gasteiger partial charge in [-0.3, -0.25) is 0 Å². The summed E-state index contributed by atoms with van der Waals surface area (Å²) in [5, 5.41) is 12.4. The largest absolute Gasteiger partial charge is 0.389 e. The van der Waals surface area contributed by atoms with Crippen molar-refractivity contribution in [2.75, 3.05) is 26.8 Å². The Morgan fingerprint density at radius 3 is 2.83 bits per heavy atom. The maximum absolute atomic E-state index is 9.38. The molecule has 0 saturated carbocycles. The van der Waals surface area contributed by atoms with Crippen molar-refractivity contribution in [1.82, 2.24) is 5.32 Å². The maximum atomic E-state index is 9.38. The van der Waals surface area contributed by atoms with Crippen LogP contribution >= 0.6 is 0 Å². The van der Waals surface area contributed by atoms with Crippen LogP contribution in [-0.4, -0.2) is 50.2 Å². The Kier molecular flexibility index (Phi) is 3.94. The van der Waals surface area contributed by atoms with Crippen molar-refractivity contribution in [3.63, 3.8) is 0 Å². The van der Waals surface area contributed by atoms with Gasteiger partial charge in [0.2, 0.25) is 0 Å². The molecule has 0 aromatic rings. The van der Waals surface area contributed by atoms with E-state index in [1.807, 2.05) is 6.92 Å². The molecule has 1 aliphatic rings. The van der Waals surface area contributed by atoms with E-state index in [9.17, 15) is 5.11 Å². The first kappa shape index (κ1) is 9.92. The average molecular weight is 175 g/mol. The molecule has 4 heteroatoms. The van der Waals surface area contributed by atoms with Crippen molar-refractivity contribution in [2.45, 2.75) is 25.2 Å².